The maximum atomic E-state index is 13.0. The summed E-state index contributed by atoms with van der Waals surface area (Å²) in [4.78, 5) is 12.7. The second-order valence-corrected chi connectivity index (χ2v) is 9.27. The van der Waals surface area contributed by atoms with E-state index in [1.165, 1.54) is 0 Å². The van der Waals surface area contributed by atoms with Crippen molar-refractivity contribution in [3.05, 3.63) is 65.7 Å². The molecular formula is C24H32N2O3S. The summed E-state index contributed by atoms with van der Waals surface area (Å²) in [7, 11) is -3.54. The van der Waals surface area contributed by atoms with E-state index in [4.69, 9.17) is 0 Å². The van der Waals surface area contributed by atoms with Gasteiger partial charge in [0.1, 0.15) is 0 Å². The van der Waals surface area contributed by atoms with Gasteiger partial charge in [0, 0.05) is 24.4 Å². The number of hydrogen-bond donors (Lipinski definition) is 1. The molecule has 0 aliphatic carbocycles. The zero-order valence-corrected chi connectivity index (χ0v) is 18.9. The summed E-state index contributed by atoms with van der Waals surface area (Å²) in [5.41, 5.74) is 2.09. The number of anilines is 1. The number of amides is 1. The molecule has 0 bridgehead atoms. The van der Waals surface area contributed by atoms with E-state index in [2.05, 4.69) is 19.2 Å². The van der Waals surface area contributed by atoms with Crippen molar-refractivity contribution >= 4 is 27.7 Å². The monoisotopic (exact) mass is 428 g/mol. The number of rotatable bonds is 11. The van der Waals surface area contributed by atoms with E-state index in [1.807, 2.05) is 36.4 Å². The third-order valence-electron chi connectivity index (χ3n) is 4.81. The Morgan fingerprint density at radius 2 is 1.50 bits per heavy atom. The smallest absolute Gasteiger partial charge is 0.251 e. The van der Waals surface area contributed by atoms with Gasteiger partial charge in [0.2, 0.25) is 10.0 Å². The van der Waals surface area contributed by atoms with E-state index in [0.717, 1.165) is 31.2 Å². The van der Waals surface area contributed by atoms with Crippen LogP contribution in [0.5, 0.6) is 0 Å². The molecule has 0 aromatic heterocycles. The zero-order chi connectivity index (χ0) is 22.0. The van der Waals surface area contributed by atoms with Crippen molar-refractivity contribution in [2.75, 3.05) is 18.4 Å². The maximum absolute atomic E-state index is 13.0. The molecule has 1 N–H and O–H groups in total. The average Bonchev–Trinajstić information content (AvgIpc) is 2.74. The second kappa shape index (κ2) is 11.7. The van der Waals surface area contributed by atoms with Gasteiger partial charge >= 0.3 is 0 Å². The largest absolute Gasteiger partial charge is 0.322 e. The summed E-state index contributed by atoms with van der Waals surface area (Å²) >= 11 is 0. The van der Waals surface area contributed by atoms with Gasteiger partial charge in [-0.3, -0.25) is 4.79 Å². The van der Waals surface area contributed by atoms with Gasteiger partial charge in [-0.1, -0.05) is 57.0 Å². The summed E-state index contributed by atoms with van der Waals surface area (Å²) in [5.74, 6) is -0.220. The van der Waals surface area contributed by atoms with Gasteiger partial charge in [0.15, 0.2) is 0 Å². The summed E-state index contributed by atoms with van der Waals surface area (Å²) < 4.78 is 27.6. The van der Waals surface area contributed by atoms with Crippen LogP contribution in [0.4, 0.5) is 5.69 Å². The van der Waals surface area contributed by atoms with Gasteiger partial charge in [-0.15, -0.1) is 0 Å². The Hall–Kier alpha value is -2.44. The highest BCUT2D eigenvalue weighted by Crippen LogP contribution is 2.20. The van der Waals surface area contributed by atoms with Crippen LogP contribution >= 0.6 is 0 Å². The van der Waals surface area contributed by atoms with Gasteiger partial charge in [-0.05, 0) is 55.7 Å². The second-order valence-electron chi connectivity index (χ2n) is 7.33. The minimum Gasteiger partial charge on any atom is -0.322 e. The lowest BCUT2D eigenvalue weighted by atomic mass is 10.1. The maximum Gasteiger partial charge on any atom is 0.251 e. The predicted molar refractivity (Wildman–Crippen MR) is 124 cm³/mol. The number of sulfonamides is 1. The number of nitrogens with zero attached hydrogens (tertiary/aromatic N) is 1. The SMILES string of the molecule is CCCCN(CCCC)S(=O)(=O)c1ccc(NC(=O)/C(C)=C/c2ccccc2)cc1. The van der Waals surface area contributed by atoms with Gasteiger partial charge in [0.25, 0.3) is 5.91 Å². The van der Waals surface area contributed by atoms with Crippen LogP contribution in [0.1, 0.15) is 52.0 Å². The number of carbonyl (C=O) groups excluding carboxylic acids is 1. The van der Waals surface area contributed by atoms with Crippen LogP contribution in [-0.2, 0) is 14.8 Å². The van der Waals surface area contributed by atoms with E-state index < -0.39 is 10.0 Å². The molecule has 0 fully saturated rings. The molecule has 2 aromatic rings. The van der Waals surface area contributed by atoms with Crippen LogP contribution in [0.25, 0.3) is 6.08 Å². The highest BCUT2D eigenvalue weighted by atomic mass is 32.2. The summed E-state index contributed by atoms with van der Waals surface area (Å²) in [6, 6.07) is 16.0. The van der Waals surface area contributed by atoms with Crippen LogP contribution in [0.3, 0.4) is 0 Å². The topological polar surface area (TPSA) is 66.5 Å². The van der Waals surface area contributed by atoms with Crippen molar-refractivity contribution in [1.29, 1.82) is 0 Å². The van der Waals surface area contributed by atoms with E-state index in [9.17, 15) is 13.2 Å². The van der Waals surface area contributed by atoms with Crippen molar-refractivity contribution < 1.29 is 13.2 Å². The highest BCUT2D eigenvalue weighted by molar-refractivity contribution is 7.89. The minimum atomic E-state index is -3.54. The number of carbonyl (C=O) groups is 1. The van der Waals surface area contributed by atoms with E-state index in [1.54, 1.807) is 35.5 Å². The molecule has 0 saturated carbocycles. The Kier molecular flexibility index (Phi) is 9.27. The van der Waals surface area contributed by atoms with Crippen LogP contribution in [0, 0.1) is 0 Å². The quantitative estimate of drug-likeness (QED) is 0.493. The van der Waals surface area contributed by atoms with Crippen LogP contribution in [0.2, 0.25) is 0 Å². The summed E-state index contributed by atoms with van der Waals surface area (Å²) in [6.45, 7) is 6.91. The average molecular weight is 429 g/mol. The Morgan fingerprint density at radius 3 is 2.03 bits per heavy atom. The van der Waals surface area contributed by atoms with Gasteiger partial charge in [-0.25, -0.2) is 8.42 Å². The first-order valence-corrected chi connectivity index (χ1v) is 12.0. The van der Waals surface area contributed by atoms with Crippen molar-refractivity contribution in [3.63, 3.8) is 0 Å². The normalized spacial score (nSPS) is 12.2. The van der Waals surface area contributed by atoms with Crippen LogP contribution < -0.4 is 5.32 Å². The van der Waals surface area contributed by atoms with Crippen molar-refractivity contribution in [1.82, 2.24) is 4.31 Å². The number of unbranched alkanes of at least 4 members (excludes halogenated alkanes) is 2. The molecule has 0 saturated heterocycles. The first-order chi connectivity index (χ1) is 14.4. The highest BCUT2D eigenvalue weighted by Gasteiger charge is 2.23. The molecule has 30 heavy (non-hydrogen) atoms. The molecule has 2 rings (SSSR count). The Morgan fingerprint density at radius 1 is 0.933 bits per heavy atom. The number of nitrogens with one attached hydrogen (secondary N) is 1. The Bertz CT molecular complexity index is 928. The molecule has 5 nitrogen and oxygen atoms in total. The number of benzene rings is 2. The van der Waals surface area contributed by atoms with Crippen molar-refractivity contribution in [3.8, 4) is 0 Å². The van der Waals surface area contributed by atoms with Crippen molar-refractivity contribution in [2.45, 2.75) is 51.3 Å². The van der Waals surface area contributed by atoms with Crippen LogP contribution in [0.15, 0.2) is 65.1 Å². The molecule has 1 amide bonds. The first-order valence-electron chi connectivity index (χ1n) is 10.5. The van der Waals surface area contributed by atoms with E-state index >= 15 is 0 Å². The first kappa shape index (κ1) is 23.8. The summed E-state index contributed by atoms with van der Waals surface area (Å²) in [5, 5.41) is 2.82. The lowest BCUT2D eigenvalue weighted by Crippen LogP contribution is -2.33. The van der Waals surface area contributed by atoms with E-state index in [-0.39, 0.29) is 10.8 Å². The Labute approximate surface area is 180 Å². The third-order valence-corrected chi connectivity index (χ3v) is 6.73. The standard InChI is InChI=1S/C24H32N2O3S/c1-4-6-17-26(18-7-5-2)30(28,29)23-15-13-22(14-16-23)25-24(27)20(3)19-21-11-9-8-10-12-21/h8-16,19H,4-7,17-18H2,1-3H3,(H,25,27)/b20-19+. The van der Waals surface area contributed by atoms with Gasteiger partial charge in [-0.2, -0.15) is 4.31 Å². The molecule has 162 valence electrons. The fraction of sp³-hybridized carbons (Fsp3) is 0.375. The molecule has 0 atom stereocenters. The predicted octanol–water partition coefficient (Wildman–Crippen LogP) is 5.32. The molecule has 0 aliphatic heterocycles. The van der Waals surface area contributed by atoms with E-state index in [0.29, 0.717) is 24.4 Å². The Balaban J connectivity index is 2.10. The molecule has 0 radical (unpaired) electrons. The summed E-state index contributed by atoms with van der Waals surface area (Å²) in [6.07, 6.45) is 5.37. The van der Waals surface area contributed by atoms with Crippen molar-refractivity contribution in [2.24, 2.45) is 0 Å². The lowest BCUT2D eigenvalue weighted by Gasteiger charge is -2.22. The fourth-order valence-corrected chi connectivity index (χ4v) is 4.49. The minimum absolute atomic E-state index is 0.220. The molecule has 0 heterocycles. The van der Waals surface area contributed by atoms with Crippen LogP contribution in [-0.4, -0.2) is 31.7 Å². The lowest BCUT2D eigenvalue weighted by molar-refractivity contribution is -0.112. The fourth-order valence-electron chi connectivity index (χ4n) is 2.97. The number of hydrogen-bond acceptors (Lipinski definition) is 3. The third kappa shape index (κ3) is 6.82. The van der Waals surface area contributed by atoms with Gasteiger partial charge < -0.3 is 5.32 Å². The zero-order valence-electron chi connectivity index (χ0n) is 18.1. The van der Waals surface area contributed by atoms with Gasteiger partial charge in [0.05, 0.1) is 4.90 Å². The molecule has 0 spiro atoms. The molecule has 6 heteroatoms. The molecular weight excluding hydrogens is 396 g/mol. The molecule has 0 aliphatic rings. The molecule has 0 unspecified atom stereocenters. The molecule has 2 aromatic carbocycles.